The van der Waals surface area contributed by atoms with Gasteiger partial charge in [0, 0.05) is 44.1 Å². The number of piperidine rings is 1. The van der Waals surface area contributed by atoms with Gasteiger partial charge in [-0.25, -0.2) is 0 Å². The third-order valence-corrected chi connectivity index (χ3v) is 5.97. The highest BCUT2D eigenvalue weighted by atomic mass is 35.5. The molecule has 0 saturated carbocycles. The number of likely N-dealkylation sites (tertiary alicyclic amines) is 1. The van der Waals surface area contributed by atoms with Gasteiger partial charge in [-0.05, 0) is 43.5 Å². The summed E-state index contributed by atoms with van der Waals surface area (Å²) in [6.07, 6.45) is 2.19. The van der Waals surface area contributed by atoms with Crippen molar-refractivity contribution in [1.82, 2.24) is 20.4 Å². The number of aromatic nitrogens is 2. The highest BCUT2D eigenvalue weighted by Crippen LogP contribution is 2.21. The Bertz CT molecular complexity index is 921. The number of halogens is 1. The van der Waals surface area contributed by atoms with Gasteiger partial charge in [0.1, 0.15) is 0 Å². The van der Waals surface area contributed by atoms with E-state index in [9.17, 15) is 14.4 Å². The number of benzene rings is 1. The van der Waals surface area contributed by atoms with E-state index in [1.165, 1.54) is 0 Å². The van der Waals surface area contributed by atoms with Gasteiger partial charge in [-0.15, -0.1) is 10.2 Å². The van der Waals surface area contributed by atoms with E-state index in [1.54, 1.807) is 36.3 Å². The second-order valence-corrected chi connectivity index (χ2v) is 8.52. The van der Waals surface area contributed by atoms with Gasteiger partial charge in [0.15, 0.2) is 0 Å². The van der Waals surface area contributed by atoms with Crippen LogP contribution in [0.4, 0.5) is 5.69 Å². The van der Waals surface area contributed by atoms with Crippen LogP contribution in [-0.2, 0) is 9.53 Å². The van der Waals surface area contributed by atoms with E-state index in [-0.39, 0.29) is 27.7 Å². The maximum Gasteiger partial charge on any atom is 0.286 e. The van der Waals surface area contributed by atoms with Crippen LogP contribution in [0.3, 0.4) is 0 Å². The minimum absolute atomic E-state index is 0.0612. The van der Waals surface area contributed by atoms with Crippen LogP contribution in [0, 0.1) is 5.92 Å². The van der Waals surface area contributed by atoms with Crippen LogP contribution in [-0.4, -0.2) is 66.2 Å². The van der Waals surface area contributed by atoms with E-state index in [2.05, 4.69) is 20.8 Å². The molecule has 1 saturated heterocycles. The molecule has 1 aromatic heterocycles. The first-order chi connectivity index (χ1) is 15.0. The molecule has 0 aliphatic carbocycles. The van der Waals surface area contributed by atoms with Crippen LogP contribution in [0.1, 0.15) is 38.9 Å². The minimum Gasteiger partial charge on any atom is -0.385 e. The Morgan fingerprint density at radius 2 is 1.97 bits per heavy atom. The van der Waals surface area contributed by atoms with Crippen molar-refractivity contribution in [1.29, 1.82) is 0 Å². The number of nitrogens with one attached hydrogen (secondary N) is 2. The second kappa shape index (κ2) is 11.2. The number of anilines is 1. The first-order valence-corrected chi connectivity index (χ1v) is 11.1. The summed E-state index contributed by atoms with van der Waals surface area (Å²) in [5.74, 6) is -1.10. The van der Waals surface area contributed by atoms with E-state index < -0.39 is 5.91 Å². The van der Waals surface area contributed by atoms with Crippen LogP contribution in [0.25, 0.3) is 0 Å². The number of hydrogen-bond acceptors (Lipinski definition) is 7. The Balaban J connectivity index is 1.56. The molecule has 31 heavy (non-hydrogen) atoms. The van der Waals surface area contributed by atoms with Gasteiger partial charge in [-0.1, -0.05) is 22.9 Å². The van der Waals surface area contributed by atoms with Crippen molar-refractivity contribution in [2.45, 2.75) is 19.3 Å². The van der Waals surface area contributed by atoms with Gasteiger partial charge < -0.3 is 20.3 Å². The Morgan fingerprint density at radius 3 is 2.71 bits per heavy atom. The molecule has 1 atom stereocenters. The fourth-order valence-electron chi connectivity index (χ4n) is 3.20. The summed E-state index contributed by atoms with van der Waals surface area (Å²) in [4.78, 5) is 39.2. The SMILES string of the molecule is COCCCNC(=O)[C@H]1CCCN(C(=O)c2nnc(C(=O)Nc3ccc(Cl)cc3)s2)C1. The number of amides is 3. The van der Waals surface area contributed by atoms with E-state index in [0.29, 0.717) is 37.0 Å². The molecule has 2 aromatic rings. The maximum atomic E-state index is 12.8. The van der Waals surface area contributed by atoms with Crippen LogP contribution < -0.4 is 10.6 Å². The van der Waals surface area contributed by atoms with Crippen molar-refractivity contribution < 1.29 is 19.1 Å². The first kappa shape index (κ1) is 23.1. The van der Waals surface area contributed by atoms with Crippen molar-refractivity contribution in [2.24, 2.45) is 5.92 Å². The average molecular weight is 466 g/mol. The molecule has 166 valence electrons. The van der Waals surface area contributed by atoms with Crippen molar-refractivity contribution in [2.75, 3.05) is 38.7 Å². The van der Waals surface area contributed by atoms with Crippen LogP contribution in [0.15, 0.2) is 24.3 Å². The third kappa shape index (κ3) is 6.46. The van der Waals surface area contributed by atoms with Crippen molar-refractivity contribution >= 4 is 46.3 Å². The van der Waals surface area contributed by atoms with Crippen molar-refractivity contribution in [3.05, 3.63) is 39.3 Å². The molecule has 1 aliphatic heterocycles. The van der Waals surface area contributed by atoms with E-state index in [1.807, 2.05) is 0 Å². The van der Waals surface area contributed by atoms with Crippen LogP contribution in [0.2, 0.25) is 5.02 Å². The molecule has 11 heteroatoms. The minimum atomic E-state index is -0.453. The zero-order chi connectivity index (χ0) is 22.2. The van der Waals surface area contributed by atoms with Gasteiger partial charge in [0.2, 0.25) is 15.9 Å². The molecule has 0 radical (unpaired) electrons. The number of hydrogen-bond donors (Lipinski definition) is 2. The fourth-order valence-corrected chi connectivity index (χ4v) is 4.04. The normalized spacial score (nSPS) is 16.1. The summed E-state index contributed by atoms with van der Waals surface area (Å²) in [6.45, 7) is 1.99. The third-order valence-electron chi connectivity index (χ3n) is 4.81. The predicted molar refractivity (Wildman–Crippen MR) is 117 cm³/mol. The molecule has 9 nitrogen and oxygen atoms in total. The summed E-state index contributed by atoms with van der Waals surface area (Å²) < 4.78 is 4.97. The standard InChI is InChI=1S/C20H24ClN5O4S/c1-30-11-3-9-22-16(27)13-4-2-10-26(12-13)20(29)19-25-24-18(31-19)17(28)23-15-7-5-14(21)6-8-15/h5-8,13H,2-4,9-12H2,1H3,(H,22,27)(H,23,28)/t13-/m0/s1. The lowest BCUT2D eigenvalue weighted by Gasteiger charge is -2.31. The van der Waals surface area contributed by atoms with Gasteiger partial charge in [0.05, 0.1) is 5.92 Å². The molecular formula is C20H24ClN5O4S. The van der Waals surface area contributed by atoms with Gasteiger partial charge in [-0.2, -0.15) is 0 Å². The number of nitrogens with zero attached hydrogens (tertiary/aromatic N) is 3. The summed E-state index contributed by atoms with van der Waals surface area (Å²) in [7, 11) is 1.62. The van der Waals surface area contributed by atoms with E-state index in [0.717, 1.165) is 30.6 Å². The van der Waals surface area contributed by atoms with Crippen molar-refractivity contribution in [3.8, 4) is 0 Å². The zero-order valence-corrected chi connectivity index (χ0v) is 18.7. The number of rotatable bonds is 8. The molecule has 1 fully saturated rings. The first-order valence-electron chi connectivity index (χ1n) is 9.94. The second-order valence-electron chi connectivity index (χ2n) is 7.10. The Morgan fingerprint density at radius 1 is 1.23 bits per heavy atom. The molecule has 0 bridgehead atoms. The molecule has 0 unspecified atom stereocenters. The van der Waals surface area contributed by atoms with Gasteiger partial charge >= 0.3 is 0 Å². The summed E-state index contributed by atoms with van der Waals surface area (Å²) >= 11 is 6.77. The highest BCUT2D eigenvalue weighted by molar-refractivity contribution is 7.15. The molecule has 3 rings (SSSR count). The Labute approximate surface area is 189 Å². The summed E-state index contributed by atoms with van der Waals surface area (Å²) in [5, 5.41) is 14.1. The molecule has 1 aliphatic rings. The smallest absolute Gasteiger partial charge is 0.286 e. The van der Waals surface area contributed by atoms with E-state index >= 15 is 0 Å². The van der Waals surface area contributed by atoms with Crippen LogP contribution in [0.5, 0.6) is 0 Å². The topological polar surface area (TPSA) is 114 Å². The predicted octanol–water partition coefficient (Wildman–Crippen LogP) is 2.45. The summed E-state index contributed by atoms with van der Waals surface area (Å²) in [6, 6.07) is 6.66. The lowest BCUT2D eigenvalue weighted by atomic mass is 9.97. The Hall–Kier alpha value is -2.56. The number of carbonyl (C=O) groups excluding carboxylic acids is 3. The summed E-state index contributed by atoms with van der Waals surface area (Å²) in [5.41, 5.74) is 0.563. The molecule has 3 amide bonds. The highest BCUT2D eigenvalue weighted by Gasteiger charge is 2.30. The van der Waals surface area contributed by atoms with E-state index in [4.69, 9.17) is 16.3 Å². The molecule has 2 N–H and O–H groups in total. The van der Waals surface area contributed by atoms with Gasteiger partial charge in [0.25, 0.3) is 11.8 Å². The molecule has 0 spiro atoms. The van der Waals surface area contributed by atoms with Crippen LogP contribution >= 0.6 is 22.9 Å². The molecule has 2 heterocycles. The quantitative estimate of drug-likeness (QED) is 0.579. The van der Waals surface area contributed by atoms with Crippen molar-refractivity contribution in [3.63, 3.8) is 0 Å². The largest absolute Gasteiger partial charge is 0.385 e. The average Bonchev–Trinajstić information content (AvgIpc) is 3.28. The number of carbonyl (C=O) groups is 3. The zero-order valence-electron chi connectivity index (χ0n) is 17.1. The molecular weight excluding hydrogens is 442 g/mol. The number of ether oxygens (including phenoxy) is 1. The maximum absolute atomic E-state index is 12.8. The van der Waals surface area contributed by atoms with Gasteiger partial charge in [-0.3, -0.25) is 14.4 Å². The number of methoxy groups -OCH3 is 1. The Kier molecular flexibility index (Phi) is 8.33. The monoisotopic (exact) mass is 465 g/mol. The fraction of sp³-hybridized carbons (Fsp3) is 0.450. The molecule has 1 aromatic carbocycles. The lowest BCUT2D eigenvalue weighted by molar-refractivity contribution is -0.126. The lowest BCUT2D eigenvalue weighted by Crippen LogP contribution is -2.45.